The summed E-state index contributed by atoms with van der Waals surface area (Å²) in [6, 6.07) is 0.408. The van der Waals surface area contributed by atoms with Crippen LogP contribution in [0.1, 0.15) is 24.7 Å². The molecule has 0 spiro atoms. The maximum absolute atomic E-state index is 10.9. The summed E-state index contributed by atoms with van der Waals surface area (Å²) in [7, 11) is 3.93. The molecule has 0 aliphatic heterocycles. The van der Waals surface area contributed by atoms with Crippen molar-refractivity contribution in [3.05, 3.63) is 5.82 Å². The van der Waals surface area contributed by atoms with Crippen LogP contribution in [0.3, 0.4) is 0 Å². The predicted molar refractivity (Wildman–Crippen MR) is 67.6 cm³/mol. The van der Waals surface area contributed by atoms with Crippen molar-refractivity contribution < 1.29 is 9.90 Å². The Bertz CT molecular complexity index is 429. The second kappa shape index (κ2) is 6.07. The van der Waals surface area contributed by atoms with Crippen LogP contribution in [0.4, 0.5) is 0 Å². The SMILES string of the molecule is CN(C)CCN(CC(=O)O)Cc1nnnn1C1CC1. The number of carbonyl (C=O) groups is 1. The topological polar surface area (TPSA) is 87.4 Å². The molecule has 0 bridgehead atoms. The van der Waals surface area contributed by atoms with Crippen molar-refractivity contribution in [2.45, 2.75) is 25.4 Å². The van der Waals surface area contributed by atoms with Crippen LogP contribution in [-0.2, 0) is 11.3 Å². The van der Waals surface area contributed by atoms with Gasteiger partial charge in [-0.3, -0.25) is 9.69 Å². The lowest BCUT2D eigenvalue weighted by Gasteiger charge is -2.21. The zero-order valence-corrected chi connectivity index (χ0v) is 11.4. The van der Waals surface area contributed by atoms with Crippen molar-refractivity contribution in [2.24, 2.45) is 0 Å². The zero-order valence-electron chi connectivity index (χ0n) is 11.4. The molecule has 1 N–H and O–H groups in total. The normalized spacial score (nSPS) is 15.4. The first-order chi connectivity index (χ1) is 9.06. The van der Waals surface area contributed by atoms with Crippen LogP contribution in [0.15, 0.2) is 0 Å². The molecule has 0 radical (unpaired) electrons. The van der Waals surface area contributed by atoms with E-state index in [9.17, 15) is 4.79 Å². The van der Waals surface area contributed by atoms with Crippen molar-refractivity contribution in [1.82, 2.24) is 30.0 Å². The van der Waals surface area contributed by atoms with E-state index in [1.807, 2.05) is 28.6 Å². The smallest absolute Gasteiger partial charge is 0.317 e. The lowest BCUT2D eigenvalue weighted by atomic mass is 10.4. The highest BCUT2D eigenvalue weighted by Gasteiger charge is 2.28. The number of rotatable bonds is 8. The van der Waals surface area contributed by atoms with Crippen molar-refractivity contribution in [3.8, 4) is 0 Å². The first kappa shape index (κ1) is 13.9. The largest absolute Gasteiger partial charge is 0.480 e. The highest BCUT2D eigenvalue weighted by atomic mass is 16.4. The van der Waals surface area contributed by atoms with E-state index in [-0.39, 0.29) is 6.54 Å². The van der Waals surface area contributed by atoms with Crippen molar-refractivity contribution in [1.29, 1.82) is 0 Å². The molecule has 8 heteroatoms. The van der Waals surface area contributed by atoms with Gasteiger partial charge in [-0.2, -0.15) is 0 Å². The summed E-state index contributed by atoms with van der Waals surface area (Å²) in [5.41, 5.74) is 0. The van der Waals surface area contributed by atoms with Crippen LogP contribution < -0.4 is 0 Å². The van der Waals surface area contributed by atoms with Gasteiger partial charge in [0.05, 0.1) is 19.1 Å². The van der Waals surface area contributed by atoms with Gasteiger partial charge >= 0.3 is 5.97 Å². The number of aromatic nitrogens is 4. The molecule has 1 saturated carbocycles. The van der Waals surface area contributed by atoms with Gasteiger partial charge < -0.3 is 10.0 Å². The molecule has 1 aromatic heterocycles. The van der Waals surface area contributed by atoms with Gasteiger partial charge in [-0.1, -0.05) is 0 Å². The second-order valence-corrected chi connectivity index (χ2v) is 5.18. The van der Waals surface area contributed by atoms with Crippen LogP contribution in [-0.4, -0.2) is 74.8 Å². The number of likely N-dealkylation sites (N-methyl/N-ethyl adjacent to an activating group) is 1. The van der Waals surface area contributed by atoms with Crippen LogP contribution in [0.5, 0.6) is 0 Å². The average molecular weight is 268 g/mol. The van der Waals surface area contributed by atoms with Gasteiger partial charge in [0, 0.05) is 13.1 Å². The summed E-state index contributed by atoms with van der Waals surface area (Å²) in [6.45, 7) is 1.96. The molecular weight excluding hydrogens is 248 g/mol. The number of hydrogen-bond donors (Lipinski definition) is 1. The van der Waals surface area contributed by atoms with Gasteiger partial charge in [-0.05, 0) is 37.4 Å². The average Bonchev–Trinajstić information content (AvgIpc) is 3.06. The molecule has 0 unspecified atom stereocenters. The Morgan fingerprint density at radius 3 is 2.74 bits per heavy atom. The quantitative estimate of drug-likeness (QED) is 0.677. The summed E-state index contributed by atoms with van der Waals surface area (Å²) in [4.78, 5) is 14.8. The number of hydrogen-bond acceptors (Lipinski definition) is 6. The zero-order chi connectivity index (χ0) is 13.8. The monoisotopic (exact) mass is 268 g/mol. The molecule has 1 aliphatic carbocycles. The van der Waals surface area contributed by atoms with Gasteiger partial charge in [0.25, 0.3) is 0 Å². The van der Waals surface area contributed by atoms with Gasteiger partial charge in [-0.25, -0.2) is 4.68 Å². The fourth-order valence-corrected chi connectivity index (χ4v) is 1.87. The Labute approximate surface area is 112 Å². The van der Waals surface area contributed by atoms with Crippen LogP contribution in [0.25, 0.3) is 0 Å². The first-order valence-corrected chi connectivity index (χ1v) is 6.42. The fraction of sp³-hybridized carbons (Fsp3) is 0.818. The van der Waals surface area contributed by atoms with E-state index in [0.29, 0.717) is 19.1 Å². The Balaban J connectivity index is 1.97. The first-order valence-electron chi connectivity index (χ1n) is 6.42. The number of carboxylic acid groups (broad SMARTS) is 1. The molecule has 1 aliphatic rings. The maximum atomic E-state index is 10.9. The Morgan fingerprint density at radius 2 is 2.16 bits per heavy atom. The molecule has 0 aromatic carbocycles. The molecule has 0 amide bonds. The van der Waals surface area contributed by atoms with E-state index < -0.39 is 5.97 Å². The molecule has 1 aromatic rings. The molecule has 0 atom stereocenters. The number of tetrazole rings is 1. The summed E-state index contributed by atoms with van der Waals surface area (Å²) < 4.78 is 1.82. The Hall–Kier alpha value is -1.54. The van der Waals surface area contributed by atoms with E-state index in [0.717, 1.165) is 25.2 Å². The van der Waals surface area contributed by atoms with E-state index in [4.69, 9.17) is 5.11 Å². The summed E-state index contributed by atoms with van der Waals surface area (Å²) in [5.74, 6) is -0.0771. The highest BCUT2D eigenvalue weighted by Crippen LogP contribution is 2.34. The van der Waals surface area contributed by atoms with Gasteiger partial charge in [0.15, 0.2) is 5.82 Å². The third-order valence-corrected chi connectivity index (χ3v) is 3.04. The maximum Gasteiger partial charge on any atom is 0.317 e. The molecule has 1 heterocycles. The van der Waals surface area contributed by atoms with Crippen molar-refractivity contribution in [3.63, 3.8) is 0 Å². The Kier molecular flexibility index (Phi) is 4.43. The van der Waals surface area contributed by atoms with Gasteiger partial charge in [0.1, 0.15) is 0 Å². The van der Waals surface area contributed by atoms with E-state index in [1.54, 1.807) is 0 Å². The minimum Gasteiger partial charge on any atom is -0.480 e. The lowest BCUT2D eigenvalue weighted by Crippen LogP contribution is -2.36. The van der Waals surface area contributed by atoms with Crippen molar-refractivity contribution >= 4 is 5.97 Å². The molecule has 0 saturated heterocycles. The molecular formula is C11H20N6O2. The molecule has 106 valence electrons. The number of carboxylic acids is 1. The number of nitrogens with zero attached hydrogens (tertiary/aromatic N) is 6. The standard InChI is InChI=1S/C11H20N6O2/c1-15(2)5-6-16(8-11(18)19)7-10-12-13-14-17(10)9-3-4-9/h9H,3-8H2,1-2H3,(H,18,19). The van der Waals surface area contributed by atoms with Crippen molar-refractivity contribution in [2.75, 3.05) is 33.7 Å². The third-order valence-electron chi connectivity index (χ3n) is 3.04. The Morgan fingerprint density at radius 1 is 1.42 bits per heavy atom. The second-order valence-electron chi connectivity index (χ2n) is 5.18. The van der Waals surface area contributed by atoms with Gasteiger partial charge in [-0.15, -0.1) is 5.10 Å². The minimum atomic E-state index is -0.829. The van der Waals surface area contributed by atoms with Crippen LogP contribution in [0, 0.1) is 0 Å². The highest BCUT2D eigenvalue weighted by molar-refractivity contribution is 5.69. The van der Waals surface area contributed by atoms with E-state index >= 15 is 0 Å². The van der Waals surface area contributed by atoms with Crippen LogP contribution >= 0.6 is 0 Å². The van der Waals surface area contributed by atoms with Crippen LogP contribution in [0.2, 0.25) is 0 Å². The molecule has 2 rings (SSSR count). The lowest BCUT2D eigenvalue weighted by molar-refractivity contribution is -0.138. The summed E-state index contributed by atoms with van der Waals surface area (Å²) in [5, 5.41) is 20.6. The summed E-state index contributed by atoms with van der Waals surface area (Å²) in [6.07, 6.45) is 2.21. The molecule has 8 nitrogen and oxygen atoms in total. The minimum absolute atomic E-state index is 0.00532. The summed E-state index contributed by atoms with van der Waals surface area (Å²) >= 11 is 0. The van der Waals surface area contributed by atoms with Gasteiger partial charge in [0.2, 0.25) is 0 Å². The third kappa shape index (κ3) is 4.25. The fourth-order valence-electron chi connectivity index (χ4n) is 1.87. The van der Waals surface area contributed by atoms with E-state index in [2.05, 4.69) is 15.5 Å². The predicted octanol–water partition coefficient (Wildman–Crippen LogP) is -0.544. The molecule has 19 heavy (non-hydrogen) atoms. The molecule has 1 fully saturated rings. The number of aliphatic carboxylic acids is 1. The van der Waals surface area contributed by atoms with E-state index in [1.165, 1.54) is 0 Å².